The molecular formula is C19H23N3O3S. The summed E-state index contributed by atoms with van der Waals surface area (Å²) in [6, 6.07) is 15.4. The average Bonchev–Trinajstić information content (AvgIpc) is 2.97. The van der Waals surface area contributed by atoms with E-state index in [1.807, 2.05) is 30.3 Å². The van der Waals surface area contributed by atoms with E-state index < -0.39 is 10.0 Å². The molecular weight excluding hydrogens is 350 g/mol. The topological polar surface area (TPSA) is 78.5 Å². The lowest BCUT2D eigenvalue weighted by Gasteiger charge is -2.20. The molecule has 138 valence electrons. The lowest BCUT2D eigenvalue weighted by Crippen LogP contribution is -2.32. The van der Waals surface area contributed by atoms with Crippen molar-refractivity contribution in [2.75, 3.05) is 18.5 Å². The summed E-state index contributed by atoms with van der Waals surface area (Å²) >= 11 is 0. The number of nitrogens with zero attached hydrogens (tertiary/aromatic N) is 1. The number of carbonyl (C=O) groups is 1. The number of nitrogens with one attached hydrogen (secondary N) is 2. The van der Waals surface area contributed by atoms with Crippen molar-refractivity contribution in [2.45, 2.75) is 30.6 Å². The van der Waals surface area contributed by atoms with Gasteiger partial charge in [-0.2, -0.15) is 4.31 Å². The monoisotopic (exact) mass is 373 g/mol. The molecule has 26 heavy (non-hydrogen) atoms. The number of carbonyl (C=O) groups excluding carboxylic acids is 1. The fourth-order valence-corrected chi connectivity index (χ4v) is 4.51. The molecule has 2 aromatic rings. The SMILES string of the molecule is O=C(NNc1ccccc1)c1cccc(S(=O)(=O)N2CCCCCC2)c1. The summed E-state index contributed by atoms with van der Waals surface area (Å²) < 4.78 is 27.3. The average molecular weight is 373 g/mol. The van der Waals surface area contributed by atoms with Gasteiger partial charge < -0.3 is 0 Å². The van der Waals surface area contributed by atoms with Crippen LogP contribution in [0.5, 0.6) is 0 Å². The molecule has 1 aliphatic rings. The van der Waals surface area contributed by atoms with E-state index >= 15 is 0 Å². The Morgan fingerprint density at radius 3 is 2.27 bits per heavy atom. The van der Waals surface area contributed by atoms with Gasteiger partial charge in [0.2, 0.25) is 10.0 Å². The van der Waals surface area contributed by atoms with Gasteiger partial charge in [-0.05, 0) is 43.2 Å². The fourth-order valence-electron chi connectivity index (χ4n) is 2.95. The van der Waals surface area contributed by atoms with Gasteiger partial charge in [-0.1, -0.05) is 37.1 Å². The van der Waals surface area contributed by atoms with Crippen LogP contribution >= 0.6 is 0 Å². The Bertz CT molecular complexity index is 845. The van der Waals surface area contributed by atoms with Crippen LogP contribution in [0.15, 0.2) is 59.5 Å². The predicted molar refractivity (Wildman–Crippen MR) is 101 cm³/mol. The molecule has 1 saturated heterocycles. The Labute approximate surface area is 154 Å². The molecule has 1 heterocycles. The van der Waals surface area contributed by atoms with Crippen LogP contribution in [0.3, 0.4) is 0 Å². The van der Waals surface area contributed by atoms with Gasteiger partial charge in [-0.3, -0.25) is 15.6 Å². The third-order valence-corrected chi connectivity index (χ3v) is 6.29. The molecule has 2 aromatic carbocycles. The van der Waals surface area contributed by atoms with Gasteiger partial charge in [0.1, 0.15) is 0 Å². The summed E-state index contributed by atoms with van der Waals surface area (Å²) in [7, 11) is -3.58. The molecule has 7 heteroatoms. The van der Waals surface area contributed by atoms with E-state index in [9.17, 15) is 13.2 Å². The first-order chi connectivity index (χ1) is 12.6. The molecule has 0 unspecified atom stereocenters. The van der Waals surface area contributed by atoms with Crippen LogP contribution in [0.2, 0.25) is 0 Å². The van der Waals surface area contributed by atoms with E-state index in [0.717, 1.165) is 31.4 Å². The summed E-state index contributed by atoms with van der Waals surface area (Å²) in [4.78, 5) is 12.5. The van der Waals surface area contributed by atoms with E-state index in [-0.39, 0.29) is 10.8 Å². The molecule has 0 aromatic heterocycles. The van der Waals surface area contributed by atoms with Crippen LogP contribution in [0, 0.1) is 0 Å². The molecule has 1 fully saturated rings. The van der Waals surface area contributed by atoms with Gasteiger partial charge in [0.25, 0.3) is 5.91 Å². The number of benzene rings is 2. The number of hydrogen-bond acceptors (Lipinski definition) is 4. The highest BCUT2D eigenvalue weighted by molar-refractivity contribution is 7.89. The number of anilines is 1. The van der Waals surface area contributed by atoms with Crippen LogP contribution in [0.1, 0.15) is 36.0 Å². The van der Waals surface area contributed by atoms with Crippen molar-refractivity contribution in [3.63, 3.8) is 0 Å². The first kappa shape index (κ1) is 18.4. The lowest BCUT2D eigenvalue weighted by molar-refractivity contribution is 0.0962. The molecule has 6 nitrogen and oxygen atoms in total. The minimum Gasteiger partial charge on any atom is -0.298 e. The molecule has 1 aliphatic heterocycles. The molecule has 0 aliphatic carbocycles. The van der Waals surface area contributed by atoms with Gasteiger partial charge in [-0.25, -0.2) is 8.42 Å². The number of hydrogen-bond donors (Lipinski definition) is 2. The van der Waals surface area contributed by atoms with E-state index in [1.54, 1.807) is 18.2 Å². The van der Waals surface area contributed by atoms with Gasteiger partial charge in [0.15, 0.2) is 0 Å². The van der Waals surface area contributed by atoms with E-state index in [1.165, 1.54) is 10.4 Å². The third kappa shape index (κ3) is 4.42. The highest BCUT2D eigenvalue weighted by Gasteiger charge is 2.25. The van der Waals surface area contributed by atoms with Crippen molar-refractivity contribution in [3.8, 4) is 0 Å². The second kappa shape index (κ2) is 8.33. The molecule has 0 atom stereocenters. The Morgan fingerprint density at radius 2 is 1.58 bits per heavy atom. The second-order valence-electron chi connectivity index (χ2n) is 6.29. The first-order valence-electron chi connectivity index (χ1n) is 8.79. The Balaban J connectivity index is 1.73. The van der Waals surface area contributed by atoms with Crippen molar-refractivity contribution in [1.82, 2.24) is 9.73 Å². The highest BCUT2D eigenvalue weighted by atomic mass is 32.2. The zero-order chi connectivity index (χ0) is 18.4. The van der Waals surface area contributed by atoms with Crippen molar-refractivity contribution < 1.29 is 13.2 Å². The molecule has 2 N–H and O–H groups in total. The maximum absolute atomic E-state index is 12.9. The Morgan fingerprint density at radius 1 is 0.885 bits per heavy atom. The summed E-state index contributed by atoms with van der Waals surface area (Å²) in [6.45, 7) is 1.07. The third-order valence-electron chi connectivity index (χ3n) is 4.39. The van der Waals surface area contributed by atoms with Crippen molar-refractivity contribution in [1.29, 1.82) is 0 Å². The number of hydrazine groups is 1. The smallest absolute Gasteiger partial charge is 0.269 e. The summed E-state index contributed by atoms with van der Waals surface area (Å²) in [5.41, 5.74) is 6.44. The number of amides is 1. The maximum Gasteiger partial charge on any atom is 0.269 e. The molecule has 0 radical (unpaired) electrons. The molecule has 0 bridgehead atoms. The van der Waals surface area contributed by atoms with Crippen LogP contribution in [0.4, 0.5) is 5.69 Å². The maximum atomic E-state index is 12.9. The predicted octanol–water partition coefficient (Wildman–Crippen LogP) is 3.01. The van der Waals surface area contributed by atoms with E-state index in [2.05, 4.69) is 10.9 Å². The zero-order valence-corrected chi connectivity index (χ0v) is 15.3. The number of para-hydroxylation sites is 1. The summed E-state index contributed by atoms with van der Waals surface area (Å²) in [6.07, 6.45) is 3.86. The molecule has 0 saturated carbocycles. The number of rotatable bonds is 5. The van der Waals surface area contributed by atoms with Crippen LogP contribution in [0.25, 0.3) is 0 Å². The minimum atomic E-state index is -3.58. The van der Waals surface area contributed by atoms with Crippen molar-refractivity contribution in [2.24, 2.45) is 0 Å². The zero-order valence-electron chi connectivity index (χ0n) is 14.5. The fraction of sp³-hybridized carbons (Fsp3) is 0.316. The molecule has 0 spiro atoms. The highest BCUT2D eigenvalue weighted by Crippen LogP contribution is 2.21. The van der Waals surface area contributed by atoms with Gasteiger partial charge in [-0.15, -0.1) is 0 Å². The minimum absolute atomic E-state index is 0.159. The first-order valence-corrected chi connectivity index (χ1v) is 10.2. The lowest BCUT2D eigenvalue weighted by atomic mass is 10.2. The van der Waals surface area contributed by atoms with Crippen LogP contribution in [-0.4, -0.2) is 31.7 Å². The van der Waals surface area contributed by atoms with Gasteiger partial charge in [0.05, 0.1) is 10.6 Å². The van der Waals surface area contributed by atoms with Crippen LogP contribution < -0.4 is 10.9 Å². The van der Waals surface area contributed by atoms with Gasteiger partial charge >= 0.3 is 0 Å². The quantitative estimate of drug-likeness (QED) is 0.790. The van der Waals surface area contributed by atoms with E-state index in [4.69, 9.17) is 0 Å². The summed E-state index contributed by atoms with van der Waals surface area (Å²) in [5, 5.41) is 0. The van der Waals surface area contributed by atoms with Crippen molar-refractivity contribution in [3.05, 3.63) is 60.2 Å². The van der Waals surface area contributed by atoms with E-state index in [0.29, 0.717) is 18.7 Å². The standard InChI is InChI=1S/C19H23N3O3S/c23-19(21-20-17-10-4-3-5-11-17)16-9-8-12-18(15-16)26(24,25)22-13-6-1-2-7-14-22/h3-5,8-12,15,20H,1-2,6-7,13-14H2,(H,21,23). The normalized spacial score (nSPS) is 15.8. The van der Waals surface area contributed by atoms with Crippen molar-refractivity contribution >= 4 is 21.6 Å². The van der Waals surface area contributed by atoms with Crippen LogP contribution in [-0.2, 0) is 10.0 Å². The summed E-state index contributed by atoms with van der Waals surface area (Å²) in [5.74, 6) is -0.387. The molecule has 3 rings (SSSR count). The second-order valence-corrected chi connectivity index (χ2v) is 8.23. The Kier molecular flexibility index (Phi) is 5.90. The largest absolute Gasteiger partial charge is 0.298 e. The number of sulfonamides is 1. The Hall–Kier alpha value is -2.38. The molecule has 1 amide bonds. The van der Waals surface area contributed by atoms with Gasteiger partial charge in [0, 0.05) is 18.7 Å².